The Hall–Kier alpha value is -1.89. The number of aromatic nitrogens is 1. The molecule has 0 aliphatic heterocycles. The second-order valence-corrected chi connectivity index (χ2v) is 6.54. The van der Waals surface area contributed by atoms with Crippen molar-refractivity contribution < 1.29 is 9.72 Å². The number of carbonyl (C=O) groups excluding carboxylic acids is 1. The molecule has 0 spiro atoms. The Labute approximate surface area is 117 Å². The molecule has 1 saturated carbocycles. The van der Waals surface area contributed by atoms with E-state index >= 15 is 0 Å². The van der Waals surface area contributed by atoms with Gasteiger partial charge in [0.1, 0.15) is 0 Å². The summed E-state index contributed by atoms with van der Waals surface area (Å²) in [7, 11) is 0. The molecule has 1 aromatic rings. The SMILES string of the molecule is CC1(C)C(N)C(C)(C)C1NC(=O)c1ccc([N+](=O)[O-])[nH]1. The van der Waals surface area contributed by atoms with Gasteiger partial charge in [-0.05, 0) is 11.0 Å². The molecule has 0 atom stereocenters. The predicted octanol–water partition coefficient (Wildman–Crippen LogP) is 1.41. The number of nitrogens with zero attached hydrogens (tertiary/aromatic N) is 1. The Bertz CT molecular complexity index is 546. The lowest BCUT2D eigenvalue weighted by Crippen LogP contribution is -2.76. The van der Waals surface area contributed by atoms with Crippen LogP contribution in [0.3, 0.4) is 0 Å². The van der Waals surface area contributed by atoms with E-state index in [0.29, 0.717) is 0 Å². The Kier molecular flexibility index (Phi) is 3.13. The lowest BCUT2D eigenvalue weighted by molar-refractivity contribution is -0.389. The van der Waals surface area contributed by atoms with Gasteiger partial charge in [-0.2, -0.15) is 0 Å². The van der Waals surface area contributed by atoms with Crippen molar-refractivity contribution in [2.24, 2.45) is 16.6 Å². The number of hydrogen-bond acceptors (Lipinski definition) is 4. The first-order chi connectivity index (χ1) is 9.08. The summed E-state index contributed by atoms with van der Waals surface area (Å²) in [4.78, 5) is 24.7. The normalized spacial score (nSPS) is 26.6. The standard InChI is InChI=1S/C13H20N4O3/c1-12(2)10(14)13(3,4)11(12)16-9(18)7-5-6-8(15-7)17(19)20/h5-6,10-11,15H,14H2,1-4H3,(H,16,18). The fourth-order valence-electron chi connectivity index (χ4n) is 3.38. The van der Waals surface area contributed by atoms with Gasteiger partial charge in [0, 0.05) is 29.0 Å². The van der Waals surface area contributed by atoms with Gasteiger partial charge in [-0.25, -0.2) is 4.98 Å². The highest BCUT2D eigenvalue weighted by Gasteiger charge is 2.60. The second kappa shape index (κ2) is 4.31. The molecular weight excluding hydrogens is 260 g/mol. The third-order valence-corrected chi connectivity index (χ3v) is 4.48. The van der Waals surface area contributed by atoms with Crippen molar-refractivity contribution in [3.05, 3.63) is 27.9 Å². The Morgan fingerprint density at radius 3 is 2.35 bits per heavy atom. The maximum Gasteiger partial charge on any atom is 0.321 e. The molecule has 1 heterocycles. The first-order valence-electron chi connectivity index (χ1n) is 6.48. The highest BCUT2D eigenvalue weighted by atomic mass is 16.6. The summed E-state index contributed by atoms with van der Waals surface area (Å²) in [5, 5.41) is 13.5. The first kappa shape index (κ1) is 14.5. The van der Waals surface area contributed by atoms with E-state index in [9.17, 15) is 14.9 Å². The third-order valence-electron chi connectivity index (χ3n) is 4.48. The van der Waals surface area contributed by atoms with Gasteiger partial charge in [0.05, 0.1) is 0 Å². The molecule has 1 fully saturated rings. The molecule has 1 aromatic heterocycles. The zero-order chi connectivity index (χ0) is 15.3. The van der Waals surface area contributed by atoms with Gasteiger partial charge in [-0.3, -0.25) is 4.79 Å². The van der Waals surface area contributed by atoms with Gasteiger partial charge >= 0.3 is 5.82 Å². The van der Waals surface area contributed by atoms with Crippen LogP contribution in [0.25, 0.3) is 0 Å². The number of hydrogen-bond donors (Lipinski definition) is 3. The number of nitrogens with one attached hydrogen (secondary N) is 2. The van der Waals surface area contributed by atoms with Crippen molar-refractivity contribution in [2.75, 3.05) is 0 Å². The van der Waals surface area contributed by atoms with Gasteiger partial charge < -0.3 is 21.2 Å². The van der Waals surface area contributed by atoms with Crippen LogP contribution in [0.1, 0.15) is 38.2 Å². The van der Waals surface area contributed by atoms with Crippen LogP contribution in [0, 0.1) is 20.9 Å². The molecule has 1 amide bonds. The highest BCUT2D eigenvalue weighted by molar-refractivity contribution is 5.93. The summed E-state index contributed by atoms with van der Waals surface area (Å²) in [6.45, 7) is 8.02. The molecule has 4 N–H and O–H groups in total. The van der Waals surface area contributed by atoms with E-state index in [1.165, 1.54) is 12.1 Å². The Morgan fingerprint density at radius 1 is 1.35 bits per heavy atom. The van der Waals surface area contributed by atoms with Crippen LogP contribution in [-0.4, -0.2) is 27.9 Å². The smallest absolute Gasteiger partial charge is 0.321 e. The summed E-state index contributed by atoms with van der Waals surface area (Å²) in [5.41, 5.74) is 5.90. The van der Waals surface area contributed by atoms with Gasteiger partial charge in [0.25, 0.3) is 5.91 Å². The fraction of sp³-hybridized carbons (Fsp3) is 0.615. The quantitative estimate of drug-likeness (QED) is 0.573. The molecule has 110 valence electrons. The van der Waals surface area contributed by atoms with Crippen LogP contribution in [0.4, 0.5) is 5.82 Å². The number of amides is 1. The molecule has 0 unspecified atom stereocenters. The van der Waals surface area contributed by atoms with Gasteiger partial charge in [-0.1, -0.05) is 27.7 Å². The molecule has 20 heavy (non-hydrogen) atoms. The number of H-pyrrole nitrogens is 1. The molecule has 0 radical (unpaired) electrons. The molecule has 7 nitrogen and oxygen atoms in total. The lowest BCUT2D eigenvalue weighted by atomic mass is 9.48. The topological polar surface area (TPSA) is 114 Å². The van der Waals surface area contributed by atoms with E-state index in [1.807, 2.05) is 27.7 Å². The number of rotatable bonds is 3. The van der Waals surface area contributed by atoms with E-state index in [-0.39, 0.29) is 40.3 Å². The zero-order valence-electron chi connectivity index (χ0n) is 12.1. The van der Waals surface area contributed by atoms with Crippen molar-refractivity contribution >= 4 is 11.7 Å². The Balaban J connectivity index is 2.14. The predicted molar refractivity (Wildman–Crippen MR) is 74.2 cm³/mol. The zero-order valence-corrected chi connectivity index (χ0v) is 12.1. The average Bonchev–Trinajstić information content (AvgIpc) is 2.84. The molecule has 2 rings (SSSR count). The van der Waals surface area contributed by atoms with E-state index in [0.717, 1.165) is 0 Å². The van der Waals surface area contributed by atoms with Crippen molar-refractivity contribution in [2.45, 2.75) is 39.8 Å². The van der Waals surface area contributed by atoms with E-state index in [1.54, 1.807) is 0 Å². The molecule has 1 aliphatic rings. The van der Waals surface area contributed by atoms with Gasteiger partial charge in [0.2, 0.25) is 0 Å². The van der Waals surface area contributed by atoms with Crippen molar-refractivity contribution in [3.63, 3.8) is 0 Å². The van der Waals surface area contributed by atoms with Crippen LogP contribution in [0.15, 0.2) is 12.1 Å². The minimum absolute atomic E-state index is 0.0155. The van der Waals surface area contributed by atoms with E-state index in [4.69, 9.17) is 5.73 Å². The number of nitrogens with two attached hydrogens (primary N) is 1. The monoisotopic (exact) mass is 280 g/mol. The van der Waals surface area contributed by atoms with E-state index in [2.05, 4.69) is 10.3 Å². The molecule has 0 aromatic carbocycles. The highest BCUT2D eigenvalue weighted by Crippen LogP contribution is 2.52. The summed E-state index contributed by atoms with van der Waals surface area (Å²) in [6, 6.07) is 2.59. The maximum absolute atomic E-state index is 12.2. The number of aromatic amines is 1. The summed E-state index contributed by atoms with van der Waals surface area (Å²) in [6.07, 6.45) is 0. The molecule has 0 bridgehead atoms. The Morgan fingerprint density at radius 2 is 1.90 bits per heavy atom. The van der Waals surface area contributed by atoms with Crippen molar-refractivity contribution in [3.8, 4) is 0 Å². The van der Waals surface area contributed by atoms with Crippen molar-refractivity contribution in [1.82, 2.24) is 10.3 Å². The van der Waals surface area contributed by atoms with Crippen LogP contribution in [0.2, 0.25) is 0 Å². The van der Waals surface area contributed by atoms with Crippen LogP contribution >= 0.6 is 0 Å². The minimum Gasteiger partial charge on any atom is -0.358 e. The average molecular weight is 280 g/mol. The second-order valence-electron chi connectivity index (χ2n) is 6.54. The number of nitro groups is 1. The van der Waals surface area contributed by atoms with E-state index < -0.39 is 4.92 Å². The molecule has 7 heteroatoms. The van der Waals surface area contributed by atoms with Crippen LogP contribution in [-0.2, 0) is 0 Å². The van der Waals surface area contributed by atoms with Gasteiger partial charge in [-0.15, -0.1) is 0 Å². The largest absolute Gasteiger partial charge is 0.358 e. The maximum atomic E-state index is 12.2. The van der Waals surface area contributed by atoms with Crippen molar-refractivity contribution in [1.29, 1.82) is 0 Å². The van der Waals surface area contributed by atoms with Crippen LogP contribution < -0.4 is 11.1 Å². The minimum atomic E-state index is -0.566. The third kappa shape index (κ3) is 1.98. The van der Waals surface area contributed by atoms with Crippen LogP contribution in [0.5, 0.6) is 0 Å². The summed E-state index contributed by atoms with van der Waals surface area (Å²) >= 11 is 0. The molecule has 1 aliphatic carbocycles. The number of carbonyl (C=O) groups is 1. The fourth-order valence-corrected chi connectivity index (χ4v) is 3.38. The molecule has 0 saturated heterocycles. The molecular formula is C13H20N4O3. The first-order valence-corrected chi connectivity index (χ1v) is 6.48. The van der Waals surface area contributed by atoms with Gasteiger partial charge in [0.15, 0.2) is 5.69 Å². The summed E-state index contributed by atoms with van der Waals surface area (Å²) < 4.78 is 0. The lowest BCUT2D eigenvalue weighted by Gasteiger charge is -2.62. The summed E-state index contributed by atoms with van der Waals surface area (Å²) in [5.74, 6) is -0.546.